The van der Waals surface area contributed by atoms with Crippen molar-refractivity contribution in [1.82, 2.24) is 9.88 Å². The van der Waals surface area contributed by atoms with Crippen molar-refractivity contribution in [3.63, 3.8) is 0 Å². The fourth-order valence-corrected chi connectivity index (χ4v) is 3.41. The highest BCUT2D eigenvalue weighted by Crippen LogP contribution is 2.33. The molecule has 6 nitrogen and oxygen atoms in total. The molecular formula is C21H28N2O4. The summed E-state index contributed by atoms with van der Waals surface area (Å²) in [5.41, 5.74) is 0.236. The summed E-state index contributed by atoms with van der Waals surface area (Å²) in [5, 5.41) is 0. The van der Waals surface area contributed by atoms with Crippen molar-refractivity contribution in [1.29, 1.82) is 0 Å². The summed E-state index contributed by atoms with van der Waals surface area (Å²) in [6, 6.07) is 7.75. The standard InChI is InChI=1S/C21H28N2O4/c1-21(2,26-4)20(24)23-11-6-5-10-18(23)19-22-14-17(27-19)13-15-8-7-9-16(12-15)25-3/h7-9,12,14,18H,5-6,10-11,13H2,1-4H3/t18-/m1/s1. The zero-order valence-electron chi connectivity index (χ0n) is 16.5. The summed E-state index contributed by atoms with van der Waals surface area (Å²) in [6.45, 7) is 4.29. The smallest absolute Gasteiger partial charge is 0.254 e. The molecule has 1 aliphatic heterocycles. The maximum absolute atomic E-state index is 12.9. The van der Waals surface area contributed by atoms with Crippen LogP contribution in [0.1, 0.15) is 56.4 Å². The van der Waals surface area contributed by atoms with E-state index in [-0.39, 0.29) is 11.9 Å². The van der Waals surface area contributed by atoms with Gasteiger partial charge in [-0.15, -0.1) is 0 Å². The van der Waals surface area contributed by atoms with E-state index in [0.717, 1.165) is 36.3 Å². The Kier molecular flexibility index (Phi) is 5.85. The Balaban J connectivity index is 1.78. The van der Waals surface area contributed by atoms with Crippen LogP contribution in [-0.4, -0.2) is 42.2 Å². The predicted molar refractivity (Wildman–Crippen MR) is 102 cm³/mol. The molecule has 6 heteroatoms. The van der Waals surface area contributed by atoms with E-state index in [9.17, 15) is 4.79 Å². The fraction of sp³-hybridized carbons (Fsp3) is 0.524. The van der Waals surface area contributed by atoms with E-state index in [4.69, 9.17) is 13.9 Å². The van der Waals surface area contributed by atoms with E-state index >= 15 is 0 Å². The van der Waals surface area contributed by atoms with Gasteiger partial charge in [0.05, 0.1) is 13.3 Å². The molecule has 27 heavy (non-hydrogen) atoms. The van der Waals surface area contributed by atoms with E-state index < -0.39 is 5.60 Å². The van der Waals surface area contributed by atoms with Gasteiger partial charge in [-0.2, -0.15) is 0 Å². The molecule has 2 aromatic rings. The molecule has 0 aliphatic carbocycles. The molecule has 1 aliphatic rings. The van der Waals surface area contributed by atoms with Gasteiger partial charge in [-0.05, 0) is 50.8 Å². The number of methoxy groups -OCH3 is 2. The third-order valence-corrected chi connectivity index (χ3v) is 5.16. The van der Waals surface area contributed by atoms with Crippen molar-refractivity contribution in [2.45, 2.75) is 51.2 Å². The predicted octanol–water partition coefficient (Wildman–Crippen LogP) is 3.75. The molecule has 146 valence electrons. The summed E-state index contributed by atoms with van der Waals surface area (Å²) in [6.07, 6.45) is 5.28. The lowest BCUT2D eigenvalue weighted by molar-refractivity contribution is -0.155. The molecule has 1 fully saturated rings. The van der Waals surface area contributed by atoms with Gasteiger partial charge in [-0.1, -0.05) is 12.1 Å². The minimum atomic E-state index is -0.856. The SMILES string of the molecule is COc1cccc(Cc2cnc([C@H]3CCCCN3C(=O)C(C)(C)OC)o2)c1. The van der Waals surface area contributed by atoms with Gasteiger partial charge < -0.3 is 18.8 Å². The molecule has 1 atom stereocenters. The van der Waals surface area contributed by atoms with Crippen LogP contribution in [0.15, 0.2) is 34.9 Å². The Morgan fingerprint density at radius 3 is 2.89 bits per heavy atom. The molecule has 1 aromatic heterocycles. The van der Waals surface area contributed by atoms with Gasteiger partial charge in [0.1, 0.15) is 23.2 Å². The lowest BCUT2D eigenvalue weighted by Crippen LogP contribution is -2.49. The van der Waals surface area contributed by atoms with Crippen LogP contribution >= 0.6 is 0 Å². The van der Waals surface area contributed by atoms with Crippen molar-refractivity contribution >= 4 is 5.91 Å². The number of hydrogen-bond donors (Lipinski definition) is 0. The maximum Gasteiger partial charge on any atom is 0.254 e. The Morgan fingerprint density at radius 2 is 2.15 bits per heavy atom. The number of oxazole rings is 1. The van der Waals surface area contributed by atoms with Crippen molar-refractivity contribution < 1.29 is 18.7 Å². The average Bonchev–Trinajstić information content (AvgIpc) is 3.15. The monoisotopic (exact) mass is 372 g/mol. The fourth-order valence-electron chi connectivity index (χ4n) is 3.41. The third kappa shape index (κ3) is 4.33. The van der Waals surface area contributed by atoms with Gasteiger partial charge >= 0.3 is 0 Å². The number of carbonyl (C=O) groups is 1. The summed E-state index contributed by atoms with van der Waals surface area (Å²) in [4.78, 5) is 19.3. The Labute approximate surface area is 160 Å². The molecule has 0 unspecified atom stereocenters. The van der Waals surface area contributed by atoms with Gasteiger partial charge in [0.2, 0.25) is 5.89 Å². The van der Waals surface area contributed by atoms with E-state index in [1.54, 1.807) is 34.3 Å². The quantitative estimate of drug-likeness (QED) is 0.773. The first-order chi connectivity index (χ1) is 12.9. The number of ether oxygens (including phenoxy) is 2. The second-order valence-electron chi connectivity index (χ2n) is 7.42. The second-order valence-corrected chi connectivity index (χ2v) is 7.42. The van der Waals surface area contributed by atoms with Crippen LogP contribution in [-0.2, 0) is 16.0 Å². The minimum absolute atomic E-state index is 0.0257. The molecule has 1 aromatic carbocycles. The van der Waals surface area contributed by atoms with E-state index in [1.807, 2.05) is 29.2 Å². The summed E-state index contributed by atoms with van der Waals surface area (Å²) in [7, 11) is 3.22. The first-order valence-corrected chi connectivity index (χ1v) is 9.38. The topological polar surface area (TPSA) is 64.8 Å². The van der Waals surface area contributed by atoms with Crippen molar-refractivity contribution in [2.75, 3.05) is 20.8 Å². The van der Waals surface area contributed by atoms with Crippen molar-refractivity contribution in [2.24, 2.45) is 0 Å². The van der Waals surface area contributed by atoms with Crippen LogP contribution in [0.25, 0.3) is 0 Å². The molecule has 0 N–H and O–H groups in total. The number of nitrogens with zero attached hydrogens (tertiary/aromatic N) is 2. The van der Waals surface area contributed by atoms with Crippen LogP contribution in [0.4, 0.5) is 0 Å². The minimum Gasteiger partial charge on any atom is -0.497 e. The van der Waals surface area contributed by atoms with Gasteiger partial charge in [-0.25, -0.2) is 4.98 Å². The Hall–Kier alpha value is -2.34. The number of rotatable bonds is 6. The van der Waals surface area contributed by atoms with Gasteiger partial charge in [-0.3, -0.25) is 4.79 Å². The maximum atomic E-state index is 12.9. The number of carbonyl (C=O) groups excluding carboxylic acids is 1. The average molecular weight is 372 g/mol. The van der Waals surface area contributed by atoms with Crippen LogP contribution in [0.2, 0.25) is 0 Å². The molecule has 1 saturated heterocycles. The molecule has 0 bridgehead atoms. The highest BCUT2D eigenvalue weighted by molar-refractivity contribution is 5.84. The van der Waals surface area contributed by atoms with Crippen LogP contribution < -0.4 is 4.74 Å². The first kappa shape index (κ1) is 19.4. The van der Waals surface area contributed by atoms with Crippen LogP contribution in [0.3, 0.4) is 0 Å². The normalized spacial score (nSPS) is 17.8. The Morgan fingerprint density at radius 1 is 1.33 bits per heavy atom. The van der Waals surface area contributed by atoms with Crippen molar-refractivity contribution in [3.05, 3.63) is 47.7 Å². The summed E-state index contributed by atoms with van der Waals surface area (Å²) < 4.78 is 16.7. The first-order valence-electron chi connectivity index (χ1n) is 9.38. The van der Waals surface area contributed by atoms with E-state index in [0.29, 0.717) is 18.9 Å². The molecule has 0 saturated carbocycles. The number of piperidine rings is 1. The molecule has 1 amide bonds. The van der Waals surface area contributed by atoms with Crippen LogP contribution in [0.5, 0.6) is 5.75 Å². The van der Waals surface area contributed by atoms with Gasteiger partial charge in [0.15, 0.2) is 0 Å². The third-order valence-electron chi connectivity index (χ3n) is 5.16. The zero-order chi connectivity index (χ0) is 19.4. The molecule has 0 radical (unpaired) electrons. The largest absolute Gasteiger partial charge is 0.497 e. The van der Waals surface area contributed by atoms with E-state index in [1.165, 1.54) is 0 Å². The van der Waals surface area contributed by atoms with E-state index in [2.05, 4.69) is 4.98 Å². The number of benzene rings is 1. The van der Waals surface area contributed by atoms with Crippen molar-refractivity contribution in [3.8, 4) is 5.75 Å². The Bertz CT molecular complexity index is 784. The lowest BCUT2D eigenvalue weighted by Gasteiger charge is -2.38. The van der Waals surface area contributed by atoms with Gasteiger partial charge in [0, 0.05) is 20.1 Å². The molecule has 0 spiro atoms. The summed E-state index contributed by atoms with van der Waals surface area (Å²) in [5.74, 6) is 2.18. The molecule has 3 rings (SSSR count). The number of amides is 1. The zero-order valence-corrected chi connectivity index (χ0v) is 16.5. The highest BCUT2D eigenvalue weighted by atomic mass is 16.5. The number of likely N-dealkylation sites (tertiary alicyclic amines) is 1. The highest BCUT2D eigenvalue weighted by Gasteiger charge is 2.38. The van der Waals surface area contributed by atoms with Gasteiger partial charge in [0.25, 0.3) is 5.91 Å². The summed E-state index contributed by atoms with van der Waals surface area (Å²) >= 11 is 0. The van der Waals surface area contributed by atoms with Crippen LogP contribution in [0, 0.1) is 0 Å². The second kappa shape index (κ2) is 8.13. The number of aromatic nitrogens is 1. The molecular weight excluding hydrogens is 344 g/mol. The molecule has 2 heterocycles. The lowest BCUT2D eigenvalue weighted by atomic mass is 9.98. The number of hydrogen-bond acceptors (Lipinski definition) is 5.